The Morgan fingerprint density at radius 3 is 2.28 bits per heavy atom. The van der Waals surface area contributed by atoms with Gasteiger partial charge in [0.25, 0.3) is 0 Å². The number of hydrogen-bond acceptors (Lipinski definition) is 5. The van der Waals surface area contributed by atoms with Crippen LogP contribution in [0.2, 0.25) is 0 Å². The smallest absolute Gasteiger partial charge is 0.192 e. The second-order valence-electron chi connectivity index (χ2n) is 5.24. The maximum Gasteiger partial charge on any atom is 0.192 e. The molecule has 0 amide bonds. The van der Waals surface area contributed by atoms with Crippen LogP contribution >= 0.6 is 11.8 Å². The van der Waals surface area contributed by atoms with E-state index in [2.05, 4.69) is 4.98 Å². The minimum Gasteiger partial charge on any atom is -0.496 e. The third kappa shape index (κ3) is 3.45. The first-order chi connectivity index (χ1) is 11.8. The van der Waals surface area contributed by atoms with E-state index in [9.17, 15) is 17.2 Å². The van der Waals surface area contributed by atoms with E-state index in [0.717, 1.165) is 18.0 Å². The summed E-state index contributed by atoms with van der Waals surface area (Å²) >= 11 is 0.870. The zero-order chi connectivity index (χ0) is 18.2. The maximum absolute atomic E-state index is 14.0. The van der Waals surface area contributed by atoms with E-state index < -0.39 is 21.5 Å². The van der Waals surface area contributed by atoms with Crippen molar-refractivity contribution in [1.82, 2.24) is 4.98 Å². The van der Waals surface area contributed by atoms with Gasteiger partial charge >= 0.3 is 0 Å². The largest absolute Gasteiger partial charge is 0.496 e. The van der Waals surface area contributed by atoms with E-state index in [1.807, 2.05) is 0 Å². The third-order valence-electron chi connectivity index (χ3n) is 3.48. The van der Waals surface area contributed by atoms with Crippen molar-refractivity contribution in [2.75, 3.05) is 13.4 Å². The van der Waals surface area contributed by atoms with Gasteiger partial charge in [-0.15, -0.1) is 0 Å². The molecule has 2 aromatic carbocycles. The maximum atomic E-state index is 14.0. The highest BCUT2D eigenvalue weighted by molar-refractivity contribution is 7.99. The van der Waals surface area contributed by atoms with Gasteiger partial charge in [0.05, 0.1) is 22.4 Å². The molecule has 1 aromatic heterocycles. The number of pyridine rings is 1. The molecule has 0 spiro atoms. The van der Waals surface area contributed by atoms with E-state index in [1.165, 1.54) is 31.4 Å². The molecule has 0 saturated carbocycles. The fourth-order valence-electron chi connectivity index (χ4n) is 2.29. The van der Waals surface area contributed by atoms with E-state index in [-0.39, 0.29) is 9.92 Å². The van der Waals surface area contributed by atoms with Crippen LogP contribution in [0.1, 0.15) is 0 Å². The molecule has 0 unspecified atom stereocenters. The van der Waals surface area contributed by atoms with Crippen LogP contribution in [-0.2, 0) is 9.84 Å². The van der Waals surface area contributed by atoms with Crippen LogP contribution in [0.25, 0.3) is 10.9 Å². The molecule has 0 saturated heterocycles. The molecule has 0 N–H and O–H groups in total. The van der Waals surface area contributed by atoms with Gasteiger partial charge in [0.1, 0.15) is 17.4 Å². The summed E-state index contributed by atoms with van der Waals surface area (Å²) in [5.41, 5.74) is 0.392. The van der Waals surface area contributed by atoms with Gasteiger partial charge in [-0.1, -0.05) is 17.8 Å². The summed E-state index contributed by atoms with van der Waals surface area (Å²) in [6.45, 7) is 0. The van der Waals surface area contributed by atoms with Crippen LogP contribution in [0.4, 0.5) is 8.78 Å². The van der Waals surface area contributed by atoms with E-state index in [1.54, 1.807) is 18.2 Å². The zero-order valence-electron chi connectivity index (χ0n) is 13.3. The number of aromatic nitrogens is 1. The van der Waals surface area contributed by atoms with Gasteiger partial charge in [-0.3, -0.25) is 0 Å². The molecule has 0 bridgehead atoms. The Hall–Kier alpha value is -2.19. The number of benzene rings is 2. The topological polar surface area (TPSA) is 56.3 Å². The predicted octanol–water partition coefficient (Wildman–Crippen LogP) is 4.08. The Balaban J connectivity index is 2.22. The summed E-state index contributed by atoms with van der Waals surface area (Å²) in [5, 5.41) is 0.470. The lowest BCUT2D eigenvalue weighted by molar-refractivity contribution is 0.406. The van der Waals surface area contributed by atoms with Gasteiger partial charge < -0.3 is 4.74 Å². The van der Waals surface area contributed by atoms with Crippen molar-refractivity contribution >= 4 is 32.5 Å². The molecule has 0 aliphatic heterocycles. The van der Waals surface area contributed by atoms with Crippen LogP contribution in [0.5, 0.6) is 5.75 Å². The van der Waals surface area contributed by atoms with Gasteiger partial charge in [0.2, 0.25) is 0 Å². The average molecular weight is 381 g/mol. The number of ether oxygens (including phenoxy) is 1. The summed E-state index contributed by atoms with van der Waals surface area (Å²) in [4.78, 5) is 4.41. The average Bonchev–Trinajstić information content (AvgIpc) is 2.56. The molecule has 25 heavy (non-hydrogen) atoms. The van der Waals surface area contributed by atoms with Crippen LogP contribution in [0.3, 0.4) is 0 Å². The van der Waals surface area contributed by atoms with Crippen molar-refractivity contribution in [3.63, 3.8) is 0 Å². The standard InChI is InChI=1S/C17H13F2NO3S2/c1-23-14-8-7-13-10(6-9-15(20-13)25(2,21)22)16(14)24-17-11(18)4-3-5-12(17)19/h3-9H,1-2H3. The van der Waals surface area contributed by atoms with Gasteiger partial charge in [-0.25, -0.2) is 22.2 Å². The zero-order valence-corrected chi connectivity index (χ0v) is 14.9. The van der Waals surface area contributed by atoms with Crippen molar-refractivity contribution < 1.29 is 21.9 Å². The molecule has 0 aliphatic rings. The predicted molar refractivity (Wildman–Crippen MR) is 91.9 cm³/mol. The molecule has 0 atom stereocenters. The van der Waals surface area contributed by atoms with Gasteiger partial charge in [-0.05, 0) is 36.4 Å². The molecule has 3 rings (SSSR count). The highest BCUT2D eigenvalue weighted by Crippen LogP contribution is 2.42. The molecule has 130 valence electrons. The summed E-state index contributed by atoms with van der Waals surface area (Å²) in [6, 6.07) is 9.73. The molecule has 3 aromatic rings. The number of nitrogens with zero attached hydrogens (tertiary/aromatic N) is 1. The summed E-state index contributed by atoms with van der Waals surface area (Å²) in [7, 11) is -2.02. The normalized spacial score (nSPS) is 11.7. The lowest BCUT2D eigenvalue weighted by Gasteiger charge is -2.12. The van der Waals surface area contributed by atoms with E-state index in [0.29, 0.717) is 21.5 Å². The lowest BCUT2D eigenvalue weighted by atomic mass is 10.2. The fourth-order valence-corrected chi connectivity index (χ4v) is 3.94. The first-order valence-corrected chi connectivity index (χ1v) is 9.81. The van der Waals surface area contributed by atoms with E-state index >= 15 is 0 Å². The van der Waals surface area contributed by atoms with Crippen molar-refractivity contribution in [1.29, 1.82) is 0 Å². The quantitative estimate of drug-likeness (QED) is 0.682. The van der Waals surface area contributed by atoms with Crippen molar-refractivity contribution in [3.8, 4) is 5.75 Å². The van der Waals surface area contributed by atoms with E-state index in [4.69, 9.17) is 4.74 Å². The Kier molecular flexibility index (Phi) is 4.66. The summed E-state index contributed by atoms with van der Waals surface area (Å²) in [6.07, 6.45) is 1.06. The van der Waals surface area contributed by atoms with Crippen LogP contribution in [0.15, 0.2) is 57.3 Å². The lowest BCUT2D eigenvalue weighted by Crippen LogP contribution is -2.01. The number of hydrogen-bond donors (Lipinski definition) is 0. The molecular formula is C17H13F2NO3S2. The van der Waals surface area contributed by atoms with Crippen LogP contribution < -0.4 is 4.74 Å². The monoisotopic (exact) mass is 381 g/mol. The highest BCUT2D eigenvalue weighted by atomic mass is 32.2. The minimum atomic E-state index is -3.46. The molecule has 0 fully saturated rings. The first kappa shape index (κ1) is 17.6. The molecule has 4 nitrogen and oxygen atoms in total. The Morgan fingerprint density at radius 1 is 1.00 bits per heavy atom. The number of fused-ring (bicyclic) bond motifs is 1. The second-order valence-corrected chi connectivity index (χ2v) is 8.22. The Bertz CT molecular complexity index is 1050. The molecule has 0 radical (unpaired) electrons. The Morgan fingerprint density at radius 2 is 1.68 bits per heavy atom. The molecule has 1 heterocycles. The van der Waals surface area contributed by atoms with Crippen molar-refractivity contribution in [3.05, 3.63) is 54.1 Å². The fraction of sp³-hybridized carbons (Fsp3) is 0.118. The summed E-state index contributed by atoms with van der Waals surface area (Å²) < 4.78 is 56.6. The Labute approximate surface area is 147 Å². The molecular weight excluding hydrogens is 368 g/mol. The number of rotatable bonds is 4. The SMILES string of the molecule is COc1ccc2nc(S(C)(=O)=O)ccc2c1Sc1c(F)cccc1F. The van der Waals surface area contributed by atoms with Gasteiger partial charge in [0, 0.05) is 11.6 Å². The van der Waals surface area contributed by atoms with Crippen LogP contribution in [-0.4, -0.2) is 26.8 Å². The number of sulfone groups is 1. The van der Waals surface area contributed by atoms with Crippen molar-refractivity contribution in [2.24, 2.45) is 0 Å². The van der Waals surface area contributed by atoms with Gasteiger partial charge in [0.15, 0.2) is 14.9 Å². The van der Waals surface area contributed by atoms with Gasteiger partial charge in [-0.2, -0.15) is 0 Å². The highest BCUT2D eigenvalue weighted by Gasteiger charge is 2.18. The van der Waals surface area contributed by atoms with Crippen molar-refractivity contribution in [2.45, 2.75) is 14.8 Å². The number of methoxy groups -OCH3 is 1. The minimum absolute atomic E-state index is 0.0711. The third-order valence-corrected chi connectivity index (χ3v) is 5.69. The summed E-state index contributed by atoms with van der Waals surface area (Å²) in [5.74, 6) is -0.969. The molecule has 8 heteroatoms. The van der Waals surface area contributed by atoms with Crippen LogP contribution in [0, 0.1) is 11.6 Å². The number of halogens is 2. The second kappa shape index (κ2) is 6.61. The molecule has 0 aliphatic carbocycles. The first-order valence-electron chi connectivity index (χ1n) is 7.11.